The van der Waals surface area contributed by atoms with Crippen LogP contribution in [-0.2, 0) is 38.0 Å². The lowest BCUT2D eigenvalue weighted by Gasteiger charge is -2.42. The van der Waals surface area contributed by atoms with Gasteiger partial charge in [-0.05, 0) is 77.0 Å². The van der Waals surface area contributed by atoms with Crippen LogP contribution < -0.4 is 0 Å². The lowest BCUT2D eigenvalue weighted by Crippen LogP contribution is -2.61. The molecule has 72 heavy (non-hydrogen) atoms. The van der Waals surface area contributed by atoms with E-state index in [-0.39, 0.29) is 19.4 Å². The van der Waals surface area contributed by atoms with Gasteiger partial charge in [0, 0.05) is 12.8 Å². The second kappa shape index (κ2) is 43.4. The van der Waals surface area contributed by atoms with Crippen LogP contribution in [0.5, 0.6) is 0 Å². The van der Waals surface area contributed by atoms with Crippen molar-refractivity contribution in [2.75, 3.05) is 26.4 Å². The van der Waals surface area contributed by atoms with Crippen molar-refractivity contribution >= 4 is 11.9 Å². The summed E-state index contributed by atoms with van der Waals surface area (Å²) in [6.45, 7) is 2.49. The van der Waals surface area contributed by atoms with Crippen LogP contribution >= 0.6 is 0 Å². The number of aliphatic hydroxyl groups is 7. The van der Waals surface area contributed by atoms with Crippen molar-refractivity contribution in [1.29, 1.82) is 0 Å². The van der Waals surface area contributed by atoms with Crippen molar-refractivity contribution in [3.8, 4) is 0 Å². The first-order valence-corrected chi connectivity index (χ1v) is 27.9. The minimum atomic E-state index is -1.77. The van der Waals surface area contributed by atoms with Crippen molar-refractivity contribution < 1.29 is 73.8 Å². The second-order valence-corrected chi connectivity index (χ2v) is 19.4. The largest absolute Gasteiger partial charge is 0.462 e. The number of carbonyl (C=O) groups excluding carboxylic acids is 2. The molecule has 0 spiro atoms. The third kappa shape index (κ3) is 30.5. The SMILES string of the molecule is CCC/C=C/C/C=C/C/C=C/C/C=C/CCCCCC(=O)OC[C@H](CO[C@H]1O[C@@H](CO[C@H]2O[C@@H](CO)[C@@H](O)C(O)C2O)[C@@H](O)C(O)C1O)OC(=O)CCCCCCCCCCC/C=C/CCCCCCCC. The number of carbonyl (C=O) groups is 2. The molecule has 2 saturated heterocycles. The van der Waals surface area contributed by atoms with Gasteiger partial charge < -0.3 is 64.2 Å². The Morgan fingerprint density at radius 2 is 0.861 bits per heavy atom. The van der Waals surface area contributed by atoms with Gasteiger partial charge in [0.25, 0.3) is 0 Å². The Labute approximate surface area is 432 Å². The zero-order valence-electron chi connectivity index (χ0n) is 44.1. The van der Waals surface area contributed by atoms with E-state index in [0.717, 1.165) is 77.0 Å². The predicted octanol–water partition coefficient (Wildman–Crippen LogP) is 8.83. The third-order valence-electron chi connectivity index (χ3n) is 12.9. The average molecular weight is 1020 g/mol. The summed E-state index contributed by atoms with van der Waals surface area (Å²) < 4.78 is 33.6. The molecule has 2 aliphatic heterocycles. The van der Waals surface area contributed by atoms with E-state index in [1.165, 1.54) is 77.0 Å². The molecular weight excluding hydrogens is 925 g/mol. The molecule has 0 amide bonds. The number of unbranched alkanes of at least 4 members (excludes halogenated alkanes) is 19. The molecule has 15 heteroatoms. The molecule has 416 valence electrons. The van der Waals surface area contributed by atoms with E-state index in [1.54, 1.807) is 0 Å². The Morgan fingerprint density at radius 1 is 0.444 bits per heavy atom. The molecule has 4 unspecified atom stereocenters. The molecule has 0 saturated carbocycles. The monoisotopic (exact) mass is 1020 g/mol. The molecule has 7 N–H and O–H groups in total. The highest BCUT2D eigenvalue weighted by atomic mass is 16.7. The number of ether oxygens (including phenoxy) is 6. The van der Waals surface area contributed by atoms with Crippen LogP contribution in [0.15, 0.2) is 60.8 Å². The van der Waals surface area contributed by atoms with Crippen molar-refractivity contribution in [2.45, 2.75) is 261 Å². The lowest BCUT2D eigenvalue weighted by atomic mass is 9.98. The molecule has 2 fully saturated rings. The Hall–Kier alpha value is -2.80. The molecule has 2 aliphatic rings. The lowest BCUT2D eigenvalue weighted by molar-refractivity contribution is -0.332. The third-order valence-corrected chi connectivity index (χ3v) is 12.9. The summed E-state index contributed by atoms with van der Waals surface area (Å²) in [5.41, 5.74) is 0. The summed E-state index contributed by atoms with van der Waals surface area (Å²) in [4.78, 5) is 25.8. The van der Waals surface area contributed by atoms with Crippen molar-refractivity contribution in [1.82, 2.24) is 0 Å². The minimum Gasteiger partial charge on any atom is -0.462 e. The van der Waals surface area contributed by atoms with Gasteiger partial charge in [0.1, 0.15) is 55.4 Å². The number of esters is 2. The molecule has 11 atom stereocenters. The predicted molar refractivity (Wildman–Crippen MR) is 280 cm³/mol. The number of allylic oxidation sites excluding steroid dienone is 10. The average Bonchev–Trinajstić information content (AvgIpc) is 3.37. The van der Waals surface area contributed by atoms with Gasteiger partial charge in [-0.25, -0.2) is 0 Å². The molecular formula is C57H98O15. The highest BCUT2D eigenvalue weighted by molar-refractivity contribution is 5.70. The molecule has 0 radical (unpaired) electrons. The highest BCUT2D eigenvalue weighted by Crippen LogP contribution is 2.26. The fourth-order valence-electron chi connectivity index (χ4n) is 8.38. The maximum Gasteiger partial charge on any atom is 0.306 e. The van der Waals surface area contributed by atoms with Crippen molar-refractivity contribution in [3.05, 3.63) is 60.8 Å². The smallest absolute Gasteiger partial charge is 0.306 e. The van der Waals surface area contributed by atoms with E-state index in [1.807, 2.05) is 0 Å². The van der Waals surface area contributed by atoms with E-state index in [9.17, 15) is 45.3 Å². The Balaban J connectivity index is 1.79. The van der Waals surface area contributed by atoms with E-state index < -0.39 is 99.3 Å². The first-order chi connectivity index (χ1) is 35.0. The second-order valence-electron chi connectivity index (χ2n) is 19.4. The topological polar surface area (TPSA) is 231 Å². The van der Waals surface area contributed by atoms with Gasteiger partial charge in [-0.2, -0.15) is 0 Å². The Kier molecular flexibility index (Phi) is 39.4. The minimum absolute atomic E-state index is 0.154. The molecule has 0 aromatic heterocycles. The first-order valence-electron chi connectivity index (χ1n) is 27.9. The van der Waals surface area contributed by atoms with E-state index in [0.29, 0.717) is 12.8 Å². The van der Waals surface area contributed by atoms with Gasteiger partial charge in [-0.1, -0.05) is 164 Å². The summed E-state index contributed by atoms with van der Waals surface area (Å²) in [7, 11) is 0. The van der Waals surface area contributed by atoms with Crippen LogP contribution in [0, 0.1) is 0 Å². The van der Waals surface area contributed by atoms with Gasteiger partial charge >= 0.3 is 11.9 Å². The summed E-state index contributed by atoms with van der Waals surface area (Å²) in [5, 5.41) is 72.2. The molecule has 0 aromatic rings. The maximum absolute atomic E-state index is 13.1. The molecule has 0 aromatic carbocycles. The first kappa shape index (κ1) is 65.3. The Bertz CT molecular complexity index is 1480. The molecule has 15 nitrogen and oxygen atoms in total. The van der Waals surface area contributed by atoms with E-state index in [2.05, 4.69) is 74.6 Å². The fourth-order valence-corrected chi connectivity index (χ4v) is 8.38. The maximum atomic E-state index is 13.1. The van der Waals surface area contributed by atoms with Gasteiger partial charge in [0.15, 0.2) is 18.7 Å². The zero-order valence-corrected chi connectivity index (χ0v) is 44.1. The van der Waals surface area contributed by atoms with Gasteiger partial charge in [0.2, 0.25) is 0 Å². The van der Waals surface area contributed by atoms with Crippen LogP contribution in [0.2, 0.25) is 0 Å². The normalized spacial score (nSPS) is 25.5. The van der Waals surface area contributed by atoms with Gasteiger partial charge in [-0.3, -0.25) is 9.59 Å². The number of hydrogen-bond acceptors (Lipinski definition) is 15. The van der Waals surface area contributed by atoms with Gasteiger partial charge in [-0.15, -0.1) is 0 Å². The molecule has 0 aliphatic carbocycles. The van der Waals surface area contributed by atoms with Crippen LogP contribution in [0.3, 0.4) is 0 Å². The zero-order chi connectivity index (χ0) is 52.4. The molecule has 2 heterocycles. The summed E-state index contributed by atoms with van der Waals surface area (Å²) in [6.07, 6.45) is 33.8. The standard InChI is InChI=1S/C57H98O15/c1-3-5-7-9-11-13-15-17-19-21-22-24-26-28-30-32-34-36-38-40-49(60)70-45(42-67-48(59)39-37-35-33-31-29-27-25-23-20-18-16-14-12-10-8-6-4-2)43-68-56-55(66)53(64)51(62)47(72-56)44-69-57-54(65)52(63)50(61)46(41-58)71-57/h8,10,14,16-17,19-20,23,27,29,45-47,50-58,61-66H,3-7,9,11-13,15,18,21-22,24-26,28,30-44H2,1-2H3/b10-8+,16-14+,19-17+,23-20+,29-27+/t45-,46+,47+,50-,51-,52?,53?,54?,55?,56+,57+/m1/s1. The quantitative estimate of drug-likeness (QED) is 0.0172. The van der Waals surface area contributed by atoms with E-state index in [4.69, 9.17) is 28.4 Å². The van der Waals surface area contributed by atoms with E-state index >= 15 is 0 Å². The van der Waals surface area contributed by atoms with Crippen LogP contribution in [0.4, 0.5) is 0 Å². The Morgan fingerprint density at radius 3 is 1.39 bits per heavy atom. The fraction of sp³-hybridized carbons (Fsp3) is 0.789. The number of rotatable bonds is 43. The van der Waals surface area contributed by atoms with Crippen LogP contribution in [0.25, 0.3) is 0 Å². The molecule has 2 rings (SSSR count). The number of hydrogen-bond donors (Lipinski definition) is 7. The highest BCUT2D eigenvalue weighted by Gasteiger charge is 2.47. The van der Waals surface area contributed by atoms with Gasteiger partial charge in [0.05, 0.1) is 19.8 Å². The summed E-state index contributed by atoms with van der Waals surface area (Å²) >= 11 is 0. The van der Waals surface area contributed by atoms with Crippen LogP contribution in [0.1, 0.15) is 194 Å². The van der Waals surface area contributed by atoms with Crippen molar-refractivity contribution in [2.24, 2.45) is 0 Å². The van der Waals surface area contributed by atoms with Crippen LogP contribution in [-0.4, -0.2) is 142 Å². The van der Waals surface area contributed by atoms with Crippen molar-refractivity contribution in [3.63, 3.8) is 0 Å². The summed E-state index contributed by atoms with van der Waals surface area (Å²) in [5.74, 6) is -0.963. The summed E-state index contributed by atoms with van der Waals surface area (Å²) in [6, 6.07) is 0. The molecule has 0 bridgehead atoms. The number of aliphatic hydroxyl groups excluding tert-OH is 7.